The van der Waals surface area contributed by atoms with Crippen LogP contribution in [-0.2, 0) is 19.1 Å². The van der Waals surface area contributed by atoms with E-state index < -0.39 is 0 Å². The van der Waals surface area contributed by atoms with E-state index in [9.17, 15) is 9.59 Å². The maximum Gasteiger partial charge on any atom is 0.306 e. The van der Waals surface area contributed by atoms with Gasteiger partial charge in [-0.25, -0.2) is 0 Å². The zero-order valence-corrected chi connectivity index (χ0v) is 12.7. The first-order chi connectivity index (χ1) is 8.99. The molecule has 0 aromatic heterocycles. The summed E-state index contributed by atoms with van der Waals surface area (Å²) < 4.78 is 10.1. The number of hydrogen-bond acceptors (Lipinski definition) is 4. The summed E-state index contributed by atoms with van der Waals surface area (Å²) in [7, 11) is 0. The maximum atomic E-state index is 11.6. The molecule has 4 nitrogen and oxygen atoms in total. The van der Waals surface area contributed by atoms with E-state index in [0.29, 0.717) is 32.0 Å². The summed E-state index contributed by atoms with van der Waals surface area (Å²) in [5, 5.41) is 0. The summed E-state index contributed by atoms with van der Waals surface area (Å²) >= 11 is 0. The molecule has 112 valence electrons. The van der Waals surface area contributed by atoms with Gasteiger partial charge in [0.05, 0.1) is 13.2 Å². The molecule has 19 heavy (non-hydrogen) atoms. The van der Waals surface area contributed by atoms with E-state index in [-0.39, 0.29) is 17.9 Å². The number of esters is 2. The minimum atomic E-state index is -0.212. The summed E-state index contributed by atoms with van der Waals surface area (Å²) in [6.45, 7) is 8.99. The second kappa shape index (κ2) is 10.8. The topological polar surface area (TPSA) is 52.6 Å². The Labute approximate surface area is 116 Å². The van der Waals surface area contributed by atoms with Crippen LogP contribution in [0.2, 0.25) is 0 Å². The van der Waals surface area contributed by atoms with Crippen molar-refractivity contribution in [2.24, 2.45) is 11.8 Å². The molecular weight excluding hydrogens is 244 g/mol. The molecule has 0 radical (unpaired) electrons. The Bertz CT molecular complexity index is 239. The molecule has 0 saturated heterocycles. The highest BCUT2D eigenvalue weighted by Gasteiger charge is 2.20. The molecule has 0 atom stereocenters. The first-order valence-electron chi connectivity index (χ1n) is 7.30. The van der Waals surface area contributed by atoms with Crippen LogP contribution in [0.1, 0.15) is 59.8 Å². The van der Waals surface area contributed by atoms with Crippen molar-refractivity contribution in [3.8, 4) is 0 Å². The maximum absolute atomic E-state index is 11.6. The van der Waals surface area contributed by atoms with Gasteiger partial charge in [0, 0.05) is 12.8 Å². The highest BCUT2D eigenvalue weighted by molar-refractivity contribution is 5.73. The third kappa shape index (κ3) is 10.5. The Morgan fingerprint density at radius 2 is 1.32 bits per heavy atom. The van der Waals surface area contributed by atoms with Crippen LogP contribution in [0.3, 0.4) is 0 Å². The predicted octanol–water partition coefficient (Wildman–Crippen LogP) is 3.34. The molecule has 0 unspecified atom stereocenters. The lowest BCUT2D eigenvalue weighted by atomic mass is 9.91. The number of rotatable bonds is 10. The van der Waals surface area contributed by atoms with Gasteiger partial charge in [-0.2, -0.15) is 0 Å². The van der Waals surface area contributed by atoms with Gasteiger partial charge in [0.15, 0.2) is 0 Å². The van der Waals surface area contributed by atoms with Crippen LogP contribution in [-0.4, -0.2) is 25.2 Å². The van der Waals surface area contributed by atoms with Gasteiger partial charge >= 0.3 is 11.9 Å². The fraction of sp³-hybridized carbons (Fsp3) is 0.867. The van der Waals surface area contributed by atoms with Crippen LogP contribution in [0.25, 0.3) is 0 Å². The van der Waals surface area contributed by atoms with E-state index >= 15 is 0 Å². The molecular formula is C15H28O4. The fourth-order valence-corrected chi connectivity index (χ4v) is 1.93. The summed E-state index contributed by atoms with van der Waals surface area (Å²) in [6.07, 6.45) is 3.08. The standard InChI is InChI=1S/C15H28O4/c1-5-7-18-14(16)10-13(9-12(3)4)11-15(17)19-8-6-2/h12-13H,5-11H2,1-4H3. The first kappa shape index (κ1) is 17.9. The molecule has 0 aliphatic carbocycles. The number of carbonyl (C=O) groups excluding carboxylic acids is 2. The fourth-order valence-electron chi connectivity index (χ4n) is 1.93. The molecule has 4 heteroatoms. The molecule has 0 amide bonds. The molecule has 0 aliphatic rings. The van der Waals surface area contributed by atoms with Crippen LogP contribution in [0.15, 0.2) is 0 Å². The monoisotopic (exact) mass is 272 g/mol. The molecule has 0 bridgehead atoms. The van der Waals surface area contributed by atoms with Crippen molar-refractivity contribution in [2.75, 3.05) is 13.2 Å². The van der Waals surface area contributed by atoms with Crippen LogP contribution >= 0.6 is 0 Å². The van der Waals surface area contributed by atoms with E-state index in [2.05, 4.69) is 13.8 Å². The molecule has 0 aromatic rings. The third-order valence-electron chi connectivity index (χ3n) is 2.65. The van der Waals surface area contributed by atoms with E-state index in [1.54, 1.807) is 0 Å². The average Bonchev–Trinajstić information content (AvgIpc) is 2.32. The van der Waals surface area contributed by atoms with Gasteiger partial charge in [-0.15, -0.1) is 0 Å². The second-order valence-electron chi connectivity index (χ2n) is 5.34. The van der Waals surface area contributed by atoms with Gasteiger partial charge in [-0.05, 0) is 31.1 Å². The Kier molecular flexibility index (Phi) is 10.2. The lowest BCUT2D eigenvalue weighted by molar-refractivity contribution is -0.147. The minimum Gasteiger partial charge on any atom is -0.466 e. The summed E-state index contributed by atoms with van der Waals surface area (Å²) in [6, 6.07) is 0. The van der Waals surface area contributed by atoms with Crippen LogP contribution in [0.4, 0.5) is 0 Å². The van der Waals surface area contributed by atoms with E-state index in [0.717, 1.165) is 19.3 Å². The van der Waals surface area contributed by atoms with Gasteiger partial charge in [0.25, 0.3) is 0 Å². The zero-order chi connectivity index (χ0) is 14.7. The highest BCUT2D eigenvalue weighted by Crippen LogP contribution is 2.20. The van der Waals surface area contributed by atoms with E-state index in [1.165, 1.54) is 0 Å². The van der Waals surface area contributed by atoms with Gasteiger partial charge in [0.1, 0.15) is 0 Å². The number of carbonyl (C=O) groups is 2. The Hall–Kier alpha value is -1.06. The number of ether oxygens (including phenoxy) is 2. The van der Waals surface area contributed by atoms with Gasteiger partial charge in [0.2, 0.25) is 0 Å². The lowest BCUT2D eigenvalue weighted by Crippen LogP contribution is -2.18. The number of hydrogen-bond donors (Lipinski definition) is 0. The SMILES string of the molecule is CCCOC(=O)CC(CC(=O)OCCC)CC(C)C. The van der Waals surface area contributed by atoms with Crippen molar-refractivity contribution < 1.29 is 19.1 Å². The lowest BCUT2D eigenvalue weighted by Gasteiger charge is -2.17. The first-order valence-corrected chi connectivity index (χ1v) is 7.30. The minimum absolute atomic E-state index is 0.0220. The van der Waals surface area contributed by atoms with Gasteiger partial charge < -0.3 is 9.47 Å². The van der Waals surface area contributed by atoms with Crippen LogP contribution in [0.5, 0.6) is 0 Å². The molecule has 0 rings (SSSR count). The Balaban J connectivity index is 4.21. The van der Waals surface area contributed by atoms with Crippen molar-refractivity contribution in [3.05, 3.63) is 0 Å². The van der Waals surface area contributed by atoms with Crippen LogP contribution < -0.4 is 0 Å². The second-order valence-corrected chi connectivity index (χ2v) is 5.34. The van der Waals surface area contributed by atoms with Gasteiger partial charge in [-0.1, -0.05) is 27.7 Å². The van der Waals surface area contributed by atoms with E-state index in [4.69, 9.17) is 9.47 Å². The van der Waals surface area contributed by atoms with Crippen LogP contribution in [0, 0.1) is 11.8 Å². The largest absolute Gasteiger partial charge is 0.466 e. The molecule has 0 saturated carbocycles. The summed E-state index contributed by atoms with van der Waals surface area (Å²) in [5.41, 5.74) is 0. The molecule has 0 spiro atoms. The Morgan fingerprint density at radius 1 is 0.895 bits per heavy atom. The highest BCUT2D eigenvalue weighted by atomic mass is 16.5. The van der Waals surface area contributed by atoms with Gasteiger partial charge in [-0.3, -0.25) is 9.59 Å². The summed E-state index contributed by atoms with van der Waals surface area (Å²) in [4.78, 5) is 23.2. The molecule has 0 N–H and O–H groups in total. The van der Waals surface area contributed by atoms with Crippen molar-refractivity contribution in [1.29, 1.82) is 0 Å². The Morgan fingerprint density at radius 3 is 1.63 bits per heavy atom. The smallest absolute Gasteiger partial charge is 0.306 e. The molecule has 0 fully saturated rings. The zero-order valence-electron chi connectivity index (χ0n) is 12.7. The quantitative estimate of drug-likeness (QED) is 0.572. The predicted molar refractivity (Wildman–Crippen MR) is 74.7 cm³/mol. The van der Waals surface area contributed by atoms with Crippen molar-refractivity contribution in [1.82, 2.24) is 0 Å². The van der Waals surface area contributed by atoms with Crippen molar-refractivity contribution in [3.63, 3.8) is 0 Å². The summed E-state index contributed by atoms with van der Waals surface area (Å²) in [5.74, 6) is 0.0447. The third-order valence-corrected chi connectivity index (χ3v) is 2.65. The van der Waals surface area contributed by atoms with Crippen molar-refractivity contribution >= 4 is 11.9 Å². The average molecular weight is 272 g/mol. The van der Waals surface area contributed by atoms with E-state index in [1.807, 2.05) is 13.8 Å². The van der Waals surface area contributed by atoms with Crippen molar-refractivity contribution in [2.45, 2.75) is 59.8 Å². The molecule has 0 aromatic carbocycles. The molecule has 0 aliphatic heterocycles. The molecule has 0 heterocycles. The normalized spacial score (nSPS) is 10.8.